The first-order valence-corrected chi connectivity index (χ1v) is 6.96. The fourth-order valence-electron chi connectivity index (χ4n) is 2.67. The lowest BCUT2D eigenvalue weighted by Crippen LogP contribution is -2.45. The normalized spacial score (nSPS) is 24.2. The second-order valence-electron chi connectivity index (χ2n) is 5.36. The number of hydrogen-bond donors (Lipinski definition) is 1. The molecule has 2 atom stereocenters. The molecule has 1 fully saturated rings. The van der Waals surface area contributed by atoms with Gasteiger partial charge in [0, 0.05) is 23.7 Å². The molecule has 5 heteroatoms. The molecule has 1 aliphatic rings. The lowest BCUT2D eigenvalue weighted by atomic mass is 9.98. The largest absolute Gasteiger partial charge is 0.323 e. The van der Waals surface area contributed by atoms with E-state index in [-0.39, 0.29) is 17.9 Å². The minimum absolute atomic E-state index is 0.145. The van der Waals surface area contributed by atoms with Crippen LogP contribution < -0.4 is 5.73 Å². The molecule has 3 nitrogen and oxygen atoms in total. The van der Waals surface area contributed by atoms with Crippen molar-refractivity contribution in [2.75, 3.05) is 33.7 Å². The van der Waals surface area contributed by atoms with E-state index in [4.69, 9.17) is 17.3 Å². The summed E-state index contributed by atoms with van der Waals surface area (Å²) in [4.78, 5) is 4.51. The summed E-state index contributed by atoms with van der Waals surface area (Å²) >= 11 is 6.16. The van der Waals surface area contributed by atoms with E-state index in [1.54, 1.807) is 6.07 Å². The Morgan fingerprint density at radius 1 is 1.37 bits per heavy atom. The molecule has 2 N–H and O–H groups in total. The highest BCUT2D eigenvalue weighted by Crippen LogP contribution is 2.27. The van der Waals surface area contributed by atoms with Crippen LogP contribution in [-0.4, -0.2) is 49.6 Å². The van der Waals surface area contributed by atoms with E-state index in [2.05, 4.69) is 23.9 Å². The van der Waals surface area contributed by atoms with Gasteiger partial charge >= 0.3 is 0 Å². The first-order chi connectivity index (χ1) is 8.99. The molecule has 0 spiro atoms. The molecule has 19 heavy (non-hydrogen) atoms. The van der Waals surface area contributed by atoms with Crippen molar-refractivity contribution in [1.82, 2.24) is 9.80 Å². The first kappa shape index (κ1) is 14.7. The Morgan fingerprint density at radius 2 is 2.11 bits per heavy atom. The summed E-state index contributed by atoms with van der Waals surface area (Å²) in [6.07, 6.45) is 1.12. The van der Waals surface area contributed by atoms with Crippen molar-refractivity contribution >= 4 is 11.6 Å². The van der Waals surface area contributed by atoms with Crippen LogP contribution in [0.4, 0.5) is 4.39 Å². The van der Waals surface area contributed by atoms with Crippen LogP contribution in [0.1, 0.15) is 18.0 Å². The lowest BCUT2D eigenvalue weighted by Gasteiger charge is -2.33. The van der Waals surface area contributed by atoms with Gasteiger partial charge in [0.05, 0.1) is 0 Å². The van der Waals surface area contributed by atoms with Gasteiger partial charge in [0.15, 0.2) is 0 Å². The molecule has 1 aliphatic heterocycles. The molecule has 1 heterocycles. The third-order valence-corrected chi connectivity index (χ3v) is 4.19. The van der Waals surface area contributed by atoms with Crippen LogP contribution in [0.5, 0.6) is 0 Å². The van der Waals surface area contributed by atoms with Gasteiger partial charge in [-0.05, 0) is 57.4 Å². The van der Waals surface area contributed by atoms with Gasteiger partial charge in [0.25, 0.3) is 0 Å². The third-order valence-electron chi connectivity index (χ3n) is 3.85. The van der Waals surface area contributed by atoms with E-state index in [0.717, 1.165) is 26.1 Å². The molecule has 1 aromatic rings. The lowest BCUT2D eigenvalue weighted by molar-refractivity contribution is 0.196. The van der Waals surface area contributed by atoms with Gasteiger partial charge in [0.1, 0.15) is 5.82 Å². The number of hydrogen-bond acceptors (Lipinski definition) is 3. The number of benzene rings is 1. The molecule has 1 saturated heterocycles. The Hall–Kier alpha value is -0.680. The molecule has 0 saturated carbocycles. The van der Waals surface area contributed by atoms with E-state index < -0.39 is 0 Å². The minimum Gasteiger partial charge on any atom is -0.323 e. The zero-order valence-corrected chi connectivity index (χ0v) is 12.2. The monoisotopic (exact) mass is 285 g/mol. The van der Waals surface area contributed by atoms with Gasteiger partial charge in [-0.25, -0.2) is 4.39 Å². The van der Waals surface area contributed by atoms with Crippen LogP contribution in [0.3, 0.4) is 0 Å². The molecule has 0 amide bonds. The Bertz CT molecular complexity index is 441. The van der Waals surface area contributed by atoms with E-state index in [0.29, 0.717) is 10.6 Å². The van der Waals surface area contributed by atoms with Crippen molar-refractivity contribution in [3.05, 3.63) is 34.6 Å². The predicted molar refractivity (Wildman–Crippen MR) is 76.9 cm³/mol. The zero-order chi connectivity index (χ0) is 14.0. The molecule has 0 radical (unpaired) electrons. The maximum Gasteiger partial charge on any atom is 0.123 e. The van der Waals surface area contributed by atoms with Crippen molar-refractivity contribution in [3.63, 3.8) is 0 Å². The molecular weight excluding hydrogens is 265 g/mol. The molecule has 106 valence electrons. The van der Waals surface area contributed by atoms with Crippen molar-refractivity contribution < 1.29 is 4.39 Å². The summed E-state index contributed by atoms with van der Waals surface area (Å²) in [5.74, 6) is -0.292. The predicted octanol–water partition coefficient (Wildman–Crippen LogP) is 2.11. The van der Waals surface area contributed by atoms with Gasteiger partial charge in [-0.2, -0.15) is 0 Å². The van der Waals surface area contributed by atoms with E-state index >= 15 is 0 Å². The summed E-state index contributed by atoms with van der Waals surface area (Å²) < 4.78 is 13.4. The van der Waals surface area contributed by atoms with Crippen molar-refractivity contribution in [2.24, 2.45) is 5.73 Å². The smallest absolute Gasteiger partial charge is 0.123 e. The Morgan fingerprint density at radius 3 is 2.84 bits per heavy atom. The van der Waals surface area contributed by atoms with Crippen LogP contribution in [0.15, 0.2) is 18.2 Å². The number of nitrogens with two attached hydrogens (primary N) is 1. The Labute approximate surface area is 119 Å². The fourth-order valence-corrected chi connectivity index (χ4v) is 2.91. The second-order valence-corrected chi connectivity index (χ2v) is 5.76. The number of likely N-dealkylation sites (N-methyl/N-ethyl adjacent to an activating group) is 2. The van der Waals surface area contributed by atoms with Crippen molar-refractivity contribution in [2.45, 2.75) is 18.5 Å². The maximum atomic E-state index is 13.4. The fraction of sp³-hybridized carbons (Fsp3) is 0.571. The van der Waals surface area contributed by atoms with Crippen LogP contribution in [0.2, 0.25) is 5.02 Å². The first-order valence-electron chi connectivity index (χ1n) is 6.58. The average Bonchev–Trinajstić information content (AvgIpc) is 2.53. The zero-order valence-electron chi connectivity index (χ0n) is 11.4. The number of rotatable bonds is 2. The van der Waals surface area contributed by atoms with Crippen LogP contribution in [-0.2, 0) is 0 Å². The van der Waals surface area contributed by atoms with Crippen molar-refractivity contribution in [3.8, 4) is 0 Å². The Kier molecular flexibility index (Phi) is 4.79. The molecule has 0 aliphatic carbocycles. The van der Waals surface area contributed by atoms with Gasteiger partial charge in [0.2, 0.25) is 0 Å². The van der Waals surface area contributed by atoms with Crippen molar-refractivity contribution in [1.29, 1.82) is 0 Å². The average molecular weight is 286 g/mol. The third kappa shape index (κ3) is 3.45. The number of halogens is 2. The quantitative estimate of drug-likeness (QED) is 0.903. The molecule has 2 rings (SSSR count). The van der Waals surface area contributed by atoms with Gasteiger partial charge in [-0.15, -0.1) is 0 Å². The standard InChI is InChI=1S/C14H21ClFN3/c1-18-6-3-7-19(2)13(9-18)14(17)11-8-10(16)4-5-12(11)15/h4-5,8,13-14H,3,6-7,9,17H2,1-2H3. The van der Waals surface area contributed by atoms with E-state index in [9.17, 15) is 4.39 Å². The van der Waals surface area contributed by atoms with E-state index in [1.165, 1.54) is 12.1 Å². The van der Waals surface area contributed by atoms with E-state index in [1.807, 2.05) is 0 Å². The molecule has 0 bridgehead atoms. The molecule has 2 unspecified atom stereocenters. The van der Waals surface area contributed by atoms with Gasteiger partial charge < -0.3 is 15.5 Å². The topological polar surface area (TPSA) is 32.5 Å². The van der Waals surface area contributed by atoms with Crippen LogP contribution >= 0.6 is 11.6 Å². The summed E-state index contributed by atoms with van der Waals surface area (Å²) in [7, 11) is 4.16. The molecular formula is C14H21ClFN3. The Balaban J connectivity index is 2.25. The molecule has 0 aromatic heterocycles. The minimum atomic E-state index is -0.292. The highest BCUT2D eigenvalue weighted by atomic mass is 35.5. The maximum absolute atomic E-state index is 13.4. The van der Waals surface area contributed by atoms with Crippen LogP contribution in [0.25, 0.3) is 0 Å². The summed E-state index contributed by atoms with van der Waals surface area (Å²) in [6, 6.07) is 4.25. The highest BCUT2D eigenvalue weighted by Gasteiger charge is 2.28. The van der Waals surface area contributed by atoms with Gasteiger partial charge in [-0.3, -0.25) is 0 Å². The van der Waals surface area contributed by atoms with Gasteiger partial charge in [-0.1, -0.05) is 11.6 Å². The van der Waals surface area contributed by atoms with Crippen LogP contribution in [0, 0.1) is 5.82 Å². The summed E-state index contributed by atoms with van der Waals surface area (Å²) in [6.45, 7) is 2.92. The summed E-state index contributed by atoms with van der Waals surface area (Å²) in [5.41, 5.74) is 7.03. The SMILES string of the molecule is CN1CCCN(C)C(C(N)c2cc(F)ccc2Cl)C1. The molecule has 1 aromatic carbocycles. The summed E-state index contributed by atoms with van der Waals surface area (Å²) in [5, 5.41) is 0.536. The second kappa shape index (κ2) is 6.18. The number of nitrogens with zero attached hydrogens (tertiary/aromatic N) is 2. The highest BCUT2D eigenvalue weighted by molar-refractivity contribution is 6.31.